The second-order valence-corrected chi connectivity index (χ2v) is 4.45. The molecule has 0 aromatic heterocycles. The lowest BCUT2D eigenvalue weighted by atomic mass is 10.0. The molecule has 0 saturated carbocycles. The highest BCUT2D eigenvalue weighted by molar-refractivity contribution is 5.95. The normalized spacial score (nSPS) is 18.9. The number of carbonyl (C=O) groups is 1. The van der Waals surface area contributed by atoms with Crippen LogP contribution in [0.25, 0.3) is 0 Å². The third-order valence-electron chi connectivity index (χ3n) is 3.07. The molecule has 1 aromatic carbocycles. The minimum atomic E-state index is -0.281. The summed E-state index contributed by atoms with van der Waals surface area (Å²) in [6.07, 6.45) is 3.07. The number of rotatable bonds is 2. The van der Waals surface area contributed by atoms with Gasteiger partial charge in [-0.05, 0) is 50.1 Å². The number of nitrogens with one attached hydrogen (secondary N) is 2. The number of carbonyl (C=O) groups excluding carboxylic acids is 1. The predicted octanol–water partition coefficient (Wildman–Crippen LogP) is 2.64. The van der Waals surface area contributed by atoms with Gasteiger partial charge in [0.05, 0.1) is 6.04 Å². The van der Waals surface area contributed by atoms with Crippen molar-refractivity contribution in [1.82, 2.24) is 5.32 Å². The minimum Gasteiger partial charge on any atom is -0.324 e. The molecule has 5 heteroatoms. The highest BCUT2D eigenvalue weighted by Crippen LogP contribution is 2.17. The summed E-state index contributed by atoms with van der Waals surface area (Å²) in [6.45, 7) is 2.67. The quantitative estimate of drug-likeness (QED) is 0.869. The van der Waals surface area contributed by atoms with Crippen LogP contribution in [0.2, 0.25) is 0 Å². The van der Waals surface area contributed by atoms with Crippen molar-refractivity contribution in [1.29, 1.82) is 0 Å². The molecular formula is C13H18ClFN2O. The van der Waals surface area contributed by atoms with Gasteiger partial charge >= 0.3 is 0 Å². The van der Waals surface area contributed by atoms with Crippen molar-refractivity contribution in [3.05, 3.63) is 29.6 Å². The number of hydrogen-bond acceptors (Lipinski definition) is 2. The summed E-state index contributed by atoms with van der Waals surface area (Å²) in [6, 6.07) is 4.26. The first-order valence-electron chi connectivity index (χ1n) is 5.97. The first kappa shape index (κ1) is 14.9. The number of piperidine rings is 1. The molecule has 1 heterocycles. The van der Waals surface area contributed by atoms with Crippen LogP contribution in [0.3, 0.4) is 0 Å². The van der Waals surface area contributed by atoms with Gasteiger partial charge in [0, 0.05) is 5.69 Å². The van der Waals surface area contributed by atoms with Crippen LogP contribution in [0.5, 0.6) is 0 Å². The predicted molar refractivity (Wildman–Crippen MR) is 72.7 cm³/mol. The lowest BCUT2D eigenvalue weighted by Gasteiger charge is -2.22. The van der Waals surface area contributed by atoms with Crippen molar-refractivity contribution in [2.45, 2.75) is 32.2 Å². The molecule has 1 saturated heterocycles. The fraction of sp³-hybridized carbons (Fsp3) is 0.462. The topological polar surface area (TPSA) is 41.1 Å². The molecule has 1 aliphatic rings. The molecule has 0 unspecified atom stereocenters. The van der Waals surface area contributed by atoms with Gasteiger partial charge in [-0.15, -0.1) is 12.4 Å². The average Bonchev–Trinajstić information content (AvgIpc) is 2.34. The standard InChI is InChI=1S/C13H17FN2O.ClH/c1-9-8-10(14)5-6-11(9)16-13(17)12-4-2-3-7-15-12;/h5-6,8,12,15H,2-4,7H2,1H3,(H,16,17);1H/t12-;/m0./s1. The Bertz CT molecular complexity index is 419. The molecule has 1 aliphatic heterocycles. The summed E-state index contributed by atoms with van der Waals surface area (Å²) in [5.74, 6) is -0.310. The van der Waals surface area contributed by atoms with Gasteiger partial charge in [-0.25, -0.2) is 4.39 Å². The summed E-state index contributed by atoms with van der Waals surface area (Å²) < 4.78 is 12.9. The van der Waals surface area contributed by atoms with Crippen molar-refractivity contribution in [3.63, 3.8) is 0 Å². The molecule has 0 bridgehead atoms. The number of benzene rings is 1. The van der Waals surface area contributed by atoms with E-state index in [1.807, 2.05) is 0 Å². The van der Waals surface area contributed by atoms with E-state index in [0.29, 0.717) is 5.69 Å². The van der Waals surface area contributed by atoms with Gasteiger partial charge in [0.2, 0.25) is 5.91 Å². The molecule has 2 rings (SSSR count). The SMILES string of the molecule is Cc1cc(F)ccc1NC(=O)[C@@H]1CCCCN1.Cl. The number of hydrogen-bond donors (Lipinski definition) is 2. The molecule has 1 fully saturated rings. The van der Waals surface area contributed by atoms with Gasteiger partial charge in [0.15, 0.2) is 0 Å². The highest BCUT2D eigenvalue weighted by atomic mass is 35.5. The fourth-order valence-corrected chi connectivity index (χ4v) is 2.06. The van der Waals surface area contributed by atoms with Gasteiger partial charge in [0.25, 0.3) is 0 Å². The van der Waals surface area contributed by atoms with Crippen LogP contribution in [-0.4, -0.2) is 18.5 Å². The van der Waals surface area contributed by atoms with Crippen LogP contribution < -0.4 is 10.6 Å². The van der Waals surface area contributed by atoms with E-state index in [1.54, 1.807) is 13.0 Å². The molecule has 100 valence electrons. The van der Waals surface area contributed by atoms with Crippen molar-refractivity contribution in [2.75, 3.05) is 11.9 Å². The number of aryl methyl sites for hydroxylation is 1. The Hall–Kier alpha value is -1.13. The van der Waals surface area contributed by atoms with E-state index in [4.69, 9.17) is 0 Å². The molecule has 1 amide bonds. The average molecular weight is 273 g/mol. The van der Waals surface area contributed by atoms with E-state index in [0.717, 1.165) is 31.4 Å². The fourth-order valence-electron chi connectivity index (χ4n) is 2.06. The van der Waals surface area contributed by atoms with Gasteiger partial charge in [-0.3, -0.25) is 4.79 Å². The second-order valence-electron chi connectivity index (χ2n) is 4.45. The third-order valence-corrected chi connectivity index (χ3v) is 3.07. The second kappa shape index (κ2) is 6.71. The molecule has 2 N–H and O–H groups in total. The van der Waals surface area contributed by atoms with Gasteiger partial charge < -0.3 is 10.6 Å². The lowest BCUT2D eigenvalue weighted by molar-refractivity contribution is -0.118. The van der Waals surface area contributed by atoms with E-state index >= 15 is 0 Å². The van der Waals surface area contributed by atoms with E-state index in [2.05, 4.69) is 10.6 Å². The van der Waals surface area contributed by atoms with E-state index < -0.39 is 0 Å². The Morgan fingerprint density at radius 2 is 2.22 bits per heavy atom. The Morgan fingerprint density at radius 1 is 1.44 bits per heavy atom. The Morgan fingerprint density at radius 3 is 2.83 bits per heavy atom. The minimum absolute atomic E-state index is 0. The molecule has 0 radical (unpaired) electrons. The van der Waals surface area contributed by atoms with Crippen LogP contribution in [0, 0.1) is 12.7 Å². The maximum absolute atomic E-state index is 12.9. The molecule has 18 heavy (non-hydrogen) atoms. The van der Waals surface area contributed by atoms with Crippen molar-refractivity contribution in [2.24, 2.45) is 0 Å². The lowest BCUT2D eigenvalue weighted by Crippen LogP contribution is -2.43. The third kappa shape index (κ3) is 3.68. The Balaban J connectivity index is 0.00000162. The molecule has 0 spiro atoms. The van der Waals surface area contributed by atoms with Crippen molar-refractivity contribution < 1.29 is 9.18 Å². The summed E-state index contributed by atoms with van der Waals surface area (Å²) >= 11 is 0. The smallest absolute Gasteiger partial charge is 0.241 e. The zero-order valence-corrected chi connectivity index (χ0v) is 11.1. The zero-order valence-electron chi connectivity index (χ0n) is 10.3. The van der Waals surface area contributed by atoms with Crippen LogP contribution in [0.1, 0.15) is 24.8 Å². The van der Waals surface area contributed by atoms with Crippen LogP contribution >= 0.6 is 12.4 Å². The maximum Gasteiger partial charge on any atom is 0.241 e. The molecule has 0 aliphatic carbocycles. The van der Waals surface area contributed by atoms with Crippen molar-refractivity contribution >= 4 is 24.0 Å². The van der Waals surface area contributed by atoms with E-state index in [-0.39, 0.29) is 30.2 Å². The number of anilines is 1. The van der Waals surface area contributed by atoms with Gasteiger partial charge in [-0.2, -0.15) is 0 Å². The molecule has 1 aromatic rings. The van der Waals surface area contributed by atoms with E-state index in [9.17, 15) is 9.18 Å². The van der Waals surface area contributed by atoms with Crippen LogP contribution in [0.15, 0.2) is 18.2 Å². The largest absolute Gasteiger partial charge is 0.324 e. The van der Waals surface area contributed by atoms with E-state index in [1.165, 1.54) is 12.1 Å². The summed E-state index contributed by atoms with van der Waals surface area (Å²) in [7, 11) is 0. The van der Waals surface area contributed by atoms with Crippen LogP contribution in [-0.2, 0) is 4.79 Å². The molecule has 1 atom stereocenters. The highest BCUT2D eigenvalue weighted by Gasteiger charge is 2.20. The first-order valence-corrected chi connectivity index (χ1v) is 5.97. The Labute approximate surface area is 113 Å². The first-order chi connectivity index (χ1) is 8.16. The summed E-state index contributed by atoms with van der Waals surface area (Å²) in [5, 5.41) is 6.02. The van der Waals surface area contributed by atoms with Crippen molar-refractivity contribution in [3.8, 4) is 0 Å². The number of amides is 1. The van der Waals surface area contributed by atoms with Gasteiger partial charge in [0.1, 0.15) is 5.82 Å². The maximum atomic E-state index is 12.9. The molecule has 3 nitrogen and oxygen atoms in total. The zero-order chi connectivity index (χ0) is 12.3. The summed E-state index contributed by atoms with van der Waals surface area (Å²) in [5.41, 5.74) is 1.43. The van der Waals surface area contributed by atoms with Gasteiger partial charge in [-0.1, -0.05) is 6.42 Å². The summed E-state index contributed by atoms with van der Waals surface area (Å²) in [4.78, 5) is 11.9. The monoisotopic (exact) mass is 272 g/mol. The molecular weight excluding hydrogens is 255 g/mol. The van der Waals surface area contributed by atoms with Crippen LogP contribution in [0.4, 0.5) is 10.1 Å². The Kier molecular flexibility index (Phi) is 5.56. The number of halogens is 2.